The summed E-state index contributed by atoms with van der Waals surface area (Å²) < 4.78 is 10.1. The van der Waals surface area contributed by atoms with E-state index in [1.807, 2.05) is 19.1 Å². The summed E-state index contributed by atoms with van der Waals surface area (Å²) in [6.07, 6.45) is 3.24. The smallest absolute Gasteiger partial charge is 0.223 e. The Morgan fingerprint density at radius 3 is 2.58 bits per heavy atom. The Hall–Kier alpha value is -1.84. The first-order valence-corrected chi connectivity index (χ1v) is 8.65. The molecule has 0 aliphatic heterocycles. The van der Waals surface area contributed by atoms with Crippen LogP contribution in [0.25, 0.3) is 0 Å². The quantitative estimate of drug-likeness (QED) is 0.252. The van der Waals surface area contributed by atoms with Crippen LogP contribution in [0.3, 0.4) is 0 Å². The van der Waals surface area contributed by atoms with Crippen molar-refractivity contribution in [3.8, 4) is 5.75 Å². The monoisotopic (exact) mass is 473 g/mol. The van der Waals surface area contributed by atoms with Crippen molar-refractivity contribution in [3.63, 3.8) is 0 Å². The summed E-state index contributed by atoms with van der Waals surface area (Å²) in [7, 11) is 1.68. The van der Waals surface area contributed by atoms with Crippen molar-refractivity contribution < 1.29 is 9.26 Å². The maximum atomic E-state index is 5.17. The molecule has 0 fully saturated rings. The second-order valence-electron chi connectivity index (χ2n) is 5.66. The Morgan fingerprint density at radius 1 is 1.19 bits per heavy atom. The van der Waals surface area contributed by atoms with Crippen LogP contribution in [0.4, 0.5) is 0 Å². The lowest BCUT2D eigenvalue weighted by molar-refractivity contribution is 0.387. The highest BCUT2D eigenvalue weighted by Gasteiger charge is 2.02. The number of unbranched alkanes of at least 4 members (excludes halogenated alkanes) is 1. The van der Waals surface area contributed by atoms with E-state index < -0.39 is 0 Å². The Labute approximate surface area is 172 Å². The number of nitrogens with zero attached hydrogens (tertiary/aromatic N) is 3. The van der Waals surface area contributed by atoms with Crippen molar-refractivity contribution in [1.29, 1.82) is 0 Å². The van der Waals surface area contributed by atoms with Gasteiger partial charge in [0.05, 0.1) is 7.11 Å². The molecule has 0 unspecified atom stereocenters. The van der Waals surface area contributed by atoms with Gasteiger partial charge in [-0.15, -0.1) is 24.0 Å². The minimum absolute atomic E-state index is 0. The van der Waals surface area contributed by atoms with Crippen LogP contribution in [-0.4, -0.2) is 36.3 Å². The molecule has 0 atom stereocenters. The summed E-state index contributed by atoms with van der Waals surface area (Å²) in [4.78, 5) is 8.62. The second kappa shape index (κ2) is 12.5. The Bertz CT molecular complexity index is 658. The van der Waals surface area contributed by atoms with Crippen LogP contribution in [0.15, 0.2) is 33.8 Å². The number of aliphatic imine (C=N–C) groups is 1. The van der Waals surface area contributed by atoms with Gasteiger partial charge in [-0.25, -0.2) is 4.99 Å². The number of hydrogen-bond donors (Lipinski definition) is 2. The zero-order valence-electron chi connectivity index (χ0n) is 15.6. The zero-order valence-corrected chi connectivity index (χ0v) is 17.9. The molecule has 144 valence electrons. The van der Waals surface area contributed by atoms with Crippen LogP contribution in [0, 0.1) is 6.92 Å². The number of methoxy groups -OCH3 is 1. The highest BCUT2D eigenvalue weighted by atomic mass is 127. The van der Waals surface area contributed by atoms with E-state index in [1.54, 1.807) is 14.0 Å². The predicted molar refractivity (Wildman–Crippen MR) is 113 cm³/mol. The van der Waals surface area contributed by atoms with Crippen molar-refractivity contribution in [2.75, 3.05) is 20.2 Å². The number of aryl methyl sites for hydroxylation is 2. The molecule has 0 saturated carbocycles. The molecule has 26 heavy (non-hydrogen) atoms. The SMILES string of the molecule is CCNC(=NCc1noc(C)n1)NCCCCc1ccc(OC)cc1.I. The molecule has 0 aliphatic rings. The Kier molecular flexibility index (Phi) is 10.7. The molecule has 1 heterocycles. The molecule has 0 aliphatic carbocycles. The van der Waals surface area contributed by atoms with Gasteiger partial charge in [0.25, 0.3) is 0 Å². The number of hydrogen-bond acceptors (Lipinski definition) is 5. The van der Waals surface area contributed by atoms with Gasteiger partial charge in [0.2, 0.25) is 5.89 Å². The molecule has 0 spiro atoms. The van der Waals surface area contributed by atoms with Crippen LogP contribution in [0.1, 0.15) is 37.0 Å². The second-order valence-corrected chi connectivity index (χ2v) is 5.66. The summed E-state index contributed by atoms with van der Waals surface area (Å²) in [5.74, 6) is 2.82. The zero-order chi connectivity index (χ0) is 17.9. The molecule has 7 nitrogen and oxygen atoms in total. The van der Waals surface area contributed by atoms with Crippen molar-refractivity contribution in [1.82, 2.24) is 20.8 Å². The molecule has 2 rings (SSSR count). The maximum absolute atomic E-state index is 5.17. The average molecular weight is 473 g/mol. The first-order chi connectivity index (χ1) is 12.2. The molecule has 0 saturated heterocycles. The van der Waals surface area contributed by atoms with E-state index in [0.717, 1.165) is 44.1 Å². The van der Waals surface area contributed by atoms with Crippen LogP contribution in [0.5, 0.6) is 5.75 Å². The predicted octanol–water partition coefficient (Wildman–Crippen LogP) is 3.08. The number of aromatic nitrogens is 2. The van der Waals surface area contributed by atoms with Crippen molar-refractivity contribution in [2.24, 2.45) is 4.99 Å². The number of ether oxygens (including phenoxy) is 1. The summed E-state index contributed by atoms with van der Waals surface area (Å²) in [6, 6.07) is 8.24. The van der Waals surface area contributed by atoms with Crippen molar-refractivity contribution in [3.05, 3.63) is 41.5 Å². The van der Waals surface area contributed by atoms with E-state index >= 15 is 0 Å². The van der Waals surface area contributed by atoms with Gasteiger partial charge in [0, 0.05) is 20.0 Å². The molecule has 2 N–H and O–H groups in total. The normalized spacial score (nSPS) is 11.0. The highest BCUT2D eigenvalue weighted by molar-refractivity contribution is 14.0. The van der Waals surface area contributed by atoms with E-state index in [9.17, 15) is 0 Å². The van der Waals surface area contributed by atoms with Gasteiger partial charge in [0.1, 0.15) is 12.3 Å². The minimum Gasteiger partial charge on any atom is -0.497 e. The average Bonchev–Trinajstić information content (AvgIpc) is 3.05. The van der Waals surface area contributed by atoms with Crippen LogP contribution < -0.4 is 15.4 Å². The summed E-state index contributed by atoms with van der Waals surface area (Å²) in [5.41, 5.74) is 1.33. The third kappa shape index (κ3) is 8.03. The standard InChI is InChI=1S/C18H27N5O2.HI/c1-4-19-18(21-13-17-22-14(2)25-23-17)20-12-6-5-7-15-8-10-16(24-3)11-9-15;/h8-11H,4-7,12-13H2,1-3H3,(H2,19,20,21);1H. The molecule has 0 radical (unpaired) electrons. The number of nitrogens with one attached hydrogen (secondary N) is 2. The number of halogens is 1. The number of rotatable bonds is 9. The van der Waals surface area contributed by atoms with Crippen LogP contribution in [0.2, 0.25) is 0 Å². The lowest BCUT2D eigenvalue weighted by Crippen LogP contribution is -2.37. The fraction of sp³-hybridized carbons (Fsp3) is 0.500. The van der Waals surface area contributed by atoms with E-state index in [0.29, 0.717) is 18.3 Å². The lowest BCUT2D eigenvalue weighted by atomic mass is 10.1. The fourth-order valence-electron chi connectivity index (χ4n) is 2.35. The van der Waals surface area contributed by atoms with Crippen molar-refractivity contribution in [2.45, 2.75) is 39.7 Å². The van der Waals surface area contributed by atoms with Gasteiger partial charge in [0.15, 0.2) is 11.8 Å². The molecular weight excluding hydrogens is 445 g/mol. The van der Waals surface area contributed by atoms with Gasteiger partial charge < -0.3 is 19.9 Å². The summed E-state index contributed by atoms with van der Waals surface area (Å²) >= 11 is 0. The van der Waals surface area contributed by atoms with E-state index in [2.05, 4.69) is 37.9 Å². The number of benzene rings is 1. The van der Waals surface area contributed by atoms with Gasteiger partial charge in [-0.3, -0.25) is 0 Å². The first-order valence-electron chi connectivity index (χ1n) is 8.65. The van der Waals surface area contributed by atoms with E-state index in [1.165, 1.54) is 5.56 Å². The third-order valence-corrected chi connectivity index (χ3v) is 3.64. The van der Waals surface area contributed by atoms with Gasteiger partial charge >= 0.3 is 0 Å². The van der Waals surface area contributed by atoms with E-state index in [4.69, 9.17) is 9.26 Å². The molecule has 2 aromatic rings. The Balaban J connectivity index is 0.00000338. The molecule has 8 heteroatoms. The van der Waals surface area contributed by atoms with Crippen LogP contribution >= 0.6 is 24.0 Å². The van der Waals surface area contributed by atoms with Gasteiger partial charge in [-0.2, -0.15) is 4.98 Å². The maximum Gasteiger partial charge on any atom is 0.223 e. The molecule has 0 amide bonds. The van der Waals surface area contributed by atoms with Crippen molar-refractivity contribution >= 4 is 29.9 Å². The molecule has 1 aromatic carbocycles. The van der Waals surface area contributed by atoms with Gasteiger partial charge in [-0.05, 0) is 43.9 Å². The summed E-state index contributed by atoms with van der Waals surface area (Å²) in [6.45, 7) is 5.89. The number of guanidine groups is 1. The summed E-state index contributed by atoms with van der Waals surface area (Å²) in [5, 5.41) is 10.4. The largest absolute Gasteiger partial charge is 0.497 e. The topological polar surface area (TPSA) is 84.6 Å². The fourth-order valence-corrected chi connectivity index (χ4v) is 2.35. The third-order valence-electron chi connectivity index (χ3n) is 3.64. The molecular formula is C18H28IN5O2. The Morgan fingerprint density at radius 2 is 1.96 bits per heavy atom. The first kappa shape index (κ1) is 22.2. The van der Waals surface area contributed by atoms with Crippen LogP contribution in [-0.2, 0) is 13.0 Å². The lowest BCUT2D eigenvalue weighted by Gasteiger charge is -2.10. The van der Waals surface area contributed by atoms with E-state index in [-0.39, 0.29) is 24.0 Å². The molecule has 1 aromatic heterocycles. The molecule has 0 bridgehead atoms. The van der Waals surface area contributed by atoms with Gasteiger partial charge in [-0.1, -0.05) is 17.3 Å². The minimum atomic E-state index is 0. The highest BCUT2D eigenvalue weighted by Crippen LogP contribution is 2.12.